The second-order valence-corrected chi connectivity index (χ2v) is 17.9. The van der Waals surface area contributed by atoms with E-state index in [0.29, 0.717) is 30.4 Å². The molecule has 2 aromatic carbocycles. The van der Waals surface area contributed by atoms with Gasteiger partial charge < -0.3 is 18.9 Å². The summed E-state index contributed by atoms with van der Waals surface area (Å²) in [6, 6.07) is 16.1. The summed E-state index contributed by atoms with van der Waals surface area (Å²) in [7, 11) is 0.991. The molecule has 0 aliphatic heterocycles. The second kappa shape index (κ2) is 13.1. The summed E-state index contributed by atoms with van der Waals surface area (Å²) in [6.07, 6.45) is 0. The number of carbonyl (C=O) groups is 2. The molecule has 2 unspecified atom stereocenters. The third-order valence-electron chi connectivity index (χ3n) is 7.77. The molecule has 0 radical (unpaired) electrons. The molecule has 0 bridgehead atoms. The van der Waals surface area contributed by atoms with Gasteiger partial charge in [0.1, 0.15) is 16.4 Å². The van der Waals surface area contributed by atoms with E-state index in [1.807, 2.05) is 44.2 Å². The van der Waals surface area contributed by atoms with Crippen molar-refractivity contribution in [3.63, 3.8) is 0 Å². The fraction of sp³-hybridized carbons (Fsp3) is 0.438. The Morgan fingerprint density at radius 1 is 0.975 bits per heavy atom. The second-order valence-electron chi connectivity index (χ2n) is 11.2. The van der Waals surface area contributed by atoms with Gasteiger partial charge in [-0.25, -0.2) is 0 Å². The number of hydrogen-bond donors (Lipinski definition) is 0. The molecular formula is C32H42O6SSi. The molecule has 0 aliphatic rings. The fourth-order valence-corrected chi connectivity index (χ4v) is 8.13. The number of esters is 1. The van der Waals surface area contributed by atoms with Gasteiger partial charge in [0.2, 0.25) is 0 Å². The average Bonchev–Trinajstić information content (AvgIpc) is 3.34. The van der Waals surface area contributed by atoms with Crippen LogP contribution in [-0.4, -0.2) is 40.7 Å². The SMILES string of the molecule is CCOC(=O)C(C)(C(c1ccc(C)c(COCc2ccc(OC)cc2)c1)c1cc(OC)c(C(C)=O)s1)[Si](C)(C)C. The Morgan fingerprint density at radius 2 is 1.65 bits per heavy atom. The number of ketones is 1. The van der Waals surface area contributed by atoms with Crippen LogP contribution < -0.4 is 9.47 Å². The summed E-state index contributed by atoms with van der Waals surface area (Å²) in [5.41, 5.74) is 4.21. The highest BCUT2D eigenvalue weighted by atomic mass is 32.1. The van der Waals surface area contributed by atoms with Gasteiger partial charge in [-0.1, -0.05) is 56.9 Å². The maximum absolute atomic E-state index is 13.8. The van der Waals surface area contributed by atoms with E-state index in [0.717, 1.165) is 32.9 Å². The van der Waals surface area contributed by atoms with E-state index in [1.165, 1.54) is 11.3 Å². The van der Waals surface area contributed by atoms with Crippen molar-refractivity contribution in [2.24, 2.45) is 0 Å². The highest BCUT2D eigenvalue weighted by Crippen LogP contribution is 2.56. The first kappa shape index (κ1) is 31.6. The molecule has 0 saturated carbocycles. The predicted octanol–water partition coefficient (Wildman–Crippen LogP) is 7.79. The van der Waals surface area contributed by atoms with Crippen molar-refractivity contribution in [2.75, 3.05) is 20.8 Å². The monoisotopic (exact) mass is 582 g/mol. The number of hydrogen-bond acceptors (Lipinski definition) is 7. The minimum atomic E-state index is -2.23. The van der Waals surface area contributed by atoms with E-state index < -0.39 is 13.1 Å². The van der Waals surface area contributed by atoms with Crippen LogP contribution in [0.3, 0.4) is 0 Å². The zero-order valence-corrected chi connectivity index (χ0v) is 27.0. The molecule has 0 saturated heterocycles. The Labute approximate surface area is 243 Å². The number of ether oxygens (including phenoxy) is 4. The minimum absolute atomic E-state index is 0.0609. The smallest absolute Gasteiger partial charge is 0.309 e. The first-order chi connectivity index (χ1) is 18.9. The van der Waals surface area contributed by atoms with E-state index in [4.69, 9.17) is 18.9 Å². The summed E-state index contributed by atoms with van der Waals surface area (Å²) in [4.78, 5) is 27.7. The molecule has 40 heavy (non-hydrogen) atoms. The lowest BCUT2D eigenvalue weighted by atomic mass is 9.83. The van der Waals surface area contributed by atoms with Crippen LogP contribution in [0.2, 0.25) is 24.7 Å². The molecule has 6 nitrogen and oxygen atoms in total. The number of methoxy groups -OCH3 is 2. The van der Waals surface area contributed by atoms with Crippen LogP contribution in [0.25, 0.3) is 0 Å². The summed E-state index contributed by atoms with van der Waals surface area (Å²) < 4.78 is 22.7. The van der Waals surface area contributed by atoms with Gasteiger partial charge in [0.25, 0.3) is 0 Å². The maximum Gasteiger partial charge on any atom is 0.309 e. The van der Waals surface area contributed by atoms with E-state index in [1.54, 1.807) is 21.1 Å². The summed E-state index contributed by atoms with van der Waals surface area (Å²) in [6.45, 7) is 15.3. The Kier molecular flexibility index (Phi) is 10.4. The highest BCUT2D eigenvalue weighted by molar-refractivity contribution is 7.14. The molecule has 0 aliphatic carbocycles. The van der Waals surface area contributed by atoms with Crippen LogP contribution >= 0.6 is 11.3 Å². The van der Waals surface area contributed by atoms with Crippen LogP contribution in [-0.2, 0) is 27.5 Å². The van der Waals surface area contributed by atoms with E-state index >= 15 is 0 Å². The normalized spacial score (nSPS) is 13.8. The first-order valence-corrected chi connectivity index (χ1v) is 17.8. The molecule has 0 N–H and O–H groups in total. The van der Waals surface area contributed by atoms with Gasteiger partial charge in [-0.3, -0.25) is 9.59 Å². The predicted molar refractivity (Wildman–Crippen MR) is 164 cm³/mol. The third-order valence-corrected chi connectivity index (χ3v) is 12.7. The molecule has 1 heterocycles. The first-order valence-electron chi connectivity index (χ1n) is 13.5. The van der Waals surface area contributed by atoms with Crippen molar-refractivity contribution < 1.29 is 28.5 Å². The topological polar surface area (TPSA) is 71.1 Å². The largest absolute Gasteiger partial charge is 0.497 e. The van der Waals surface area contributed by atoms with Crippen molar-refractivity contribution in [2.45, 2.75) is 71.5 Å². The molecule has 0 fully saturated rings. The van der Waals surface area contributed by atoms with Crippen LogP contribution in [0.15, 0.2) is 48.5 Å². The lowest BCUT2D eigenvalue weighted by Crippen LogP contribution is -2.48. The quantitative estimate of drug-likeness (QED) is 0.116. The van der Waals surface area contributed by atoms with Crippen LogP contribution in [0, 0.1) is 6.92 Å². The van der Waals surface area contributed by atoms with E-state index in [9.17, 15) is 9.59 Å². The molecule has 0 spiro atoms. The van der Waals surface area contributed by atoms with Gasteiger partial charge >= 0.3 is 5.97 Å². The van der Waals surface area contributed by atoms with Crippen molar-refractivity contribution in [1.82, 2.24) is 0 Å². The van der Waals surface area contributed by atoms with Gasteiger partial charge in [-0.05, 0) is 54.3 Å². The fourth-order valence-electron chi connectivity index (χ4n) is 4.88. The lowest BCUT2D eigenvalue weighted by molar-refractivity contribution is -0.147. The average molecular weight is 583 g/mol. The molecule has 1 aromatic heterocycles. The Bertz CT molecular complexity index is 1320. The van der Waals surface area contributed by atoms with Crippen LogP contribution in [0.5, 0.6) is 11.5 Å². The number of benzene rings is 2. The Balaban J connectivity index is 2.09. The summed E-state index contributed by atoms with van der Waals surface area (Å²) >= 11 is 1.40. The standard InChI is InChI=1S/C32H42O6SSi/c1-10-38-31(34)32(4,40(7,8)9)29(28-18-27(36-6)30(39-28)22(3)33)24-14-11-21(2)25(17-24)20-37-19-23-12-15-26(35-5)16-13-23/h11-18,29H,10,19-20H2,1-9H3. The van der Waals surface area contributed by atoms with Crippen molar-refractivity contribution >= 4 is 31.2 Å². The maximum atomic E-state index is 13.8. The van der Waals surface area contributed by atoms with Crippen LogP contribution in [0.4, 0.5) is 0 Å². The van der Waals surface area contributed by atoms with Gasteiger partial charge in [0, 0.05) is 17.7 Å². The zero-order chi connectivity index (χ0) is 29.7. The van der Waals surface area contributed by atoms with E-state index in [-0.39, 0.29) is 17.7 Å². The molecule has 8 heteroatoms. The zero-order valence-electron chi connectivity index (χ0n) is 25.2. The molecule has 0 amide bonds. The molecule has 2 atom stereocenters. The Morgan fingerprint density at radius 3 is 2.17 bits per heavy atom. The van der Waals surface area contributed by atoms with E-state index in [2.05, 4.69) is 44.8 Å². The molecule has 3 aromatic rings. The number of Topliss-reactive ketones (excluding diaryl/α,β-unsaturated/α-hetero) is 1. The van der Waals surface area contributed by atoms with Crippen molar-refractivity contribution in [3.8, 4) is 11.5 Å². The number of aryl methyl sites for hydroxylation is 1. The van der Waals surface area contributed by atoms with Gasteiger partial charge in [0.05, 0.1) is 47.2 Å². The van der Waals surface area contributed by atoms with Crippen LogP contribution in [0.1, 0.15) is 63.5 Å². The van der Waals surface area contributed by atoms with Crippen molar-refractivity contribution in [3.05, 3.63) is 80.5 Å². The summed E-state index contributed by atoms with van der Waals surface area (Å²) in [5, 5.41) is -0.816. The molecular weight excluding hydrogens is 540 g/mol. The van der Waals surface area contributed by atoms with Gasteiger partial charge in [-0.15, -0.1) is 11.3 Å². The number of thiophene rings is 1. The third kappa shape index (κ3) is 6.67. The lowest BCUT2D eigenvalue weighted by Gasteiger charge is -2.44. The van der Waals surface area contributed by atoms with Gasteiger partial charge in [-0.2, -0.15) is 0 Å². The van der Waals surface area contributed by atoms with Crippen molar-refractivity contribution in [1.29, 1.82) is 0 Å². The molecule has 216 valence electrons. The number of carbonyl (C=O) groups excluding carboxylic acids is 2. The minimum Gasteiger partial charge on any atom is -0.497 e. The summed E-state index contributed by atoms with van der Waals surface area (Å²) in [5.74, 6) is 0.743. The Hall–Kier alpha value is -2.94. The number of rotatable bonds is 13. The van der Waals surface area contributed by atoms with Gasteiger partial charge in [0.15, 0.2) is 5.78 Å². The molecule has 3 rings (SSSR count). The highest BCUT2D eigenvalue weighted by Gasteiger charge is 2.54.